The van der Waals surface area contributed by atoms with Crippen LogP contribution in [0.2, 0.25) is 0 Å². The number of carbonyl (C=O) groups is 2. The quantitative estimate of drug-likeness (QED) is 0.162. The van der Waals surface area contributed by atoms with Gasteiger partial charge >= 0.3 is 5.97 Å². The van der Waals surface area contributed by atoms with Gasteiger partial charge in [-0.05, 0) is 46.1 Å². The Morgan fingerprint density at radius 1 is 1.00 bits per heavy atom. The highest BCUT2D eigenvalue weighted by molar-refractivity contribution is 5.94. The van der Waals surface area contributed by atoms with Gasteiger partial charge in [-0.2, -0.15) is 0 Å². The molecule has 0 fully saturated rings. The Bertz CT molecular complexity index is 319. The van der Waals surface area contributed by atoms with Crippen LogP contribution in [0.25, 0.3) is 0 Å². The van der Waals surface area contributed by atoms with Crippen LogP contribution in [0.15, 0.2) is 12.2 Å². The van der Waals surface area contributed by atoms with Crippen molar-refractivity contribution >= 4 is 11.8 Å². The third-order valence-corrected chi connectivity index (χ3v) is 2.88. The molecule has 0 aliphatic heterocycles. The van der Waals surface area contributed by atoms with Crippen molar-refractivity contribution in [1.82, 2.24) is 0 Å². The van der Waals surface area contributed by atoms with Crippen LogP contribution in [0, 0.1) is 0 Å². The van der Waals surface area contributed by atoms with Crippen LogP contribution in [-0.4, -0.2) is 37.9 Å². The molecule has 0 N–H and O–H groups in total. The van der Waals surface area contributed by atoms with Crippen molar-refractivity contribution in [3.63, 3.8) is 0 Å². The summed E-state index contributed by atoms with van der Waals surface area (Å²) in [7, 11) is 0. The number of ether oxygens (including phenoxy) is 3. The van der Waals surface area contributed by atoms with E-state index < -0.39 is 5.97 Å². The lowest BCUT2D eigenvalue weighted by molar-refractivity contribution is -0.145. The molecule has 5 nitrogen and oxygen atoms in total. The Morgan fingerprint density at radius 2 is 1.64 bits per heavy atom. The molecule has 0 aromatic carbocycles. The zero-order valence-electron chi connectivity index (χ0n) is 14.1. The number of allylic oxidation sites excluding steroid dienone is 1. The highest BCUT2D eigenvalue weighted by Gasteiger charge is 2.05. The van der Waals surface area contributed by atoms with E-state index in [4.69, 9.17) is 14.2 Å². The van der Waals surface area contributed by atoms with E-state index in [1.54, 1.807) is 0 Å². The molecule has 0 aliphatic rings. The first-order valence-electron chi connectivity index (χ1n) is 8.15. The molecular weight excluding hydrogens is 284 g/mol. The van der Waals surface area contributed by atoms with E-state index in [1.165, 1.54) is 6.92 Å². The van der Waals surface area contributed by atoms with E-state index in [2.05, 4.69) is 6.08 Å². The molecule has 0 rings (SSSR count). The molecule has 0 saturated carbocycles. The van der Waals surface area contributed by atoms with Gasteiger partial charge in [0.25, 0.3) is 0 Å². The predicted octanol–water partition coefficient (Wildman–Crippen LogP) is 3.41. The van der Waals surface area contributed by atoms with Gasteiger partial charge in [-0.1, -0.05) is 18.9 Å². The van der Waals surface area contributed by atoms with Gasteiger partial charge < -0.3 is 14.2 Å². The van der Waals surface area contributed by atoms with E-state index in [1.807, 2.05) is 19.9 Å². The molecule has 0 spiro atoms. The first-order chi connectivity index (χ1) is 10.6. The van der Waals surface area contributed by atoms with Crippen molar-refractivity contribution < 1.29 is 23.8 Å². The van der Waals surface area contributed by atoms with Crippen LogP contribution in [0.4, 0.5) is 0 Å². The van der Waals surface area contributed by atoms with E-state index >= 15 is 0 Å². The molecule has 0 aromatic heterocycles. The summed E-state index contributed by atoms with van der Waals surface area (Å²) in [4.78, 5) is 21.8. The topological polar surface area (TPSA) is 61.8 Å². The maximum Gasteiger partial charge on any atom is 0.313 e. The van der Waals surface area contributed by atoms with Crippen LogP contribution in [-0.2, 0) is 23.8 Å². The van der Waals surface area contributed by atoms with Crippen molar-refractivity contribution in [3.8, 4) is 0 Å². The third kappa shape index (κ3) is 13.8. The van der Waals surface area contributed by atoms with Crippen LogP contribution < -0.4 is 0 Å². The van der Waals surface area contributed by atoms with Crippen LogP contribution in [0.5, 0.6) is 0 Å². The molecule has 0 unspecified atom stereocenters. The summed E-state index contributed by atoms with van der Waals surface area (Å²) in [5.41, 5.74) is 0. The van der Waals surface area contributed by atoms with Crippen molar-refractivity contribution in [2.24, 2.45) is 0 Å². The lowest BCUT2D eigenvalue weighted by Crippen LogP contribution is -2.14. The normalized spacial score (nSPS) is 11.3. The minimum Gasteiger partial charge on any atom is -0.465 e. The number of Topliss-reactive ketones (excluding diaryl/α,β-unsaturated/α-hetero) is 1. The molecule has 0 bridgehead atoms. The molecule has 0 atom stereocenters. The minimum atomic E-state index is -0.423. The summed E-state index contributed by atoms with van der Waals surface area (Å²) in [5.74, 6) is -0.581. The van der Waals surface area contributed by atoms with Gasteiger partial charge in [0.15, 0.2) is 6.29 Å². The molecule has 0 amide bonds. The lowest BCUT2D eigenvalue weighted by atomic mass is 10.1. The summed E-state index contributed by atoms with van der Waals surface area (Å²) < 4.78 is 15.8. The summed E-state index contributed by atoms with van der Waals surface area (Å²) in [5, 5.41) is 0. The molecule has 0 aliphatic carbocycles. The minimum absolute atomic E-state index is 0.119. The van der Waals surface area contributed by atoms with E-state index in [9.17, 15) is 9.59 Å². The summed E-state index contributed by atoms with van der Waals surface area (Å²) in [6, 6.07) is 0. The first-order valence-corrected chi connectivity index (χ1v) is 8.15. The second kappa shape index (κ2) is 14.7. The van der Waals surface area contributed by atoms with Crippen molar-refractivity contribution in [1.29, 1.82) is 0 Å². The van der Waals surface area contributed by atoms with Crippen molar-refractivity contribution in [2.75, 3.05) is 19.8 Å². The maximum atomic E-state index is 11.1. The molecule has 128 valence electrons. The molecule has 0 radical (unpaired) electrons. The fraction of sp³-hybridized carbons (Fsp3) is 0.765. The highest BCUT2D eigenvalue weighted by atomic mass is 16.7. The Labute approximate surface area is 134 Å². The number of rotatable bonds is 14. The van der Waals surface area contributed by atoms with E-state index in [-0.39, 0.29) is 18.5 Å². The highest BCUT2D eigenvalue weighted by Crippen LogP contribution is 2.06. The standard InChI is InChI=1S/C17H30O5/c1-4-20-17(21-5-2)12-10-8-6-7-9-11-13-22-16(19)14-15(3)18/h10,12,17H,4-9,11,13-14H2,1-3H3/b12-10+. The molecule has 0 saturated heterocycles. The van der Waals surface area contributed by atoms with Gasteiger partial charge in [0.05, 0.1) is 6.61 Å². The average Bonchev–Trinajstić information content (AvgIpc) is 2.45. The largest absolute Gasteiger partial charge is 0.465 e. The van der Waals surface area contributed by atoms with Crippen LogP contribution in [0.3, 0.4) is 0 Å². The van der Waals surface area contributed by atoms with Gasteiger partial charge in [-0.15, -0.1) is 0 Å². The van der Waals surface area contributed by atoms with Crippen LogP contribution in [0.1, 0.15) is 59.3 Å². The van der Waals surface area contributed by atoms with E-state index in [0.29, 0.717) is 19.8 Å². The van der Waals surface area contributed by atoms with Gasteiger partial charge in [0.2, 0.25) is 0 Å². The average molecular weight is 314 g/mol. The zero-order chi connectivity index (χ0) is 16.6. The van der Waals surface area contributed by atoms with Crippen LogP contribution >= 0.6 is 0 Å². The molecular formula is C17H30O5. The maximum absolute atomic E-state index is 11.1. The van der Waals surface area contributed by atoms with Gasteiger partial charge in [-0.3, -0.25) is 9.59 Å². The monoisotopic (exact) mass is 314 g/mol. The second-order valence-corrected chi connectivity index (χ2v) is 5.01. The molecule has 22 heavy (non-hydrogen) atoms. The Kier molecular flexibility index (Phi) is 13.9. The number of carbonyl (C=O) groups excluding carboxylic acids is 2. The molecule has 0 heterocycles. The number of unbranched alkanes of at least 4 members (excludes halogenated alkanes) is 4. The number of hydrogen-bond acceptors (Lipinski definition) is 5. The second-order valence-electron chi connectivity index (χ2n) is 5.01. The van der Waals surface area contributed by atoms with Gasteiger partial charge in [0.1, 0.15) is 12.2 Å². The molecule has 5 heteroatoms. The zero-order valence-corrected chi connectivity index (χ0v) is 14.1. The van der Waals surface area contributed by atoms with E-state index in [0.717, 1.165) is 32.1 Å². The third-order valence-electron chi connectivity index (χ3n) is 2.88. The summed E-state index contributed by atoms with van der Waals surface area (Å²) >= 11 is 0. The predicted molar refractivity (Wildman–Crippen MR) is 85.5 cm³/mol. The SMILES string of the molecule is CCOC(/C=C/CCCCCCOC(=O)CC(C)=O)OCC. The fourth-order valence-corrected chi connectivity index (χ4v) is 1.85. The van der Waals surface area contributed by atoms with Gasteiger partial charge in [0, 0.05) is 13.2 Å². The lowest BCUT2D eigenvalue weighted by Gasteiger charge is -2.12. The number of ketones is 1. The van der Waals surface area contributed by atoms with Crippen molar-refractivity contribution in [2.45, 2.75) is 65.6 Å². The Morgan fingerprint density at radius 3 is 2.23 bits per heavy atom. The first kappa shape index (κ1) is 20.8. The van der Waals surface area contributed by atoms with Gasteiger partial charge in [-0.25, -0.2) is 0 Å². The van der Waals surface area contributed by atoms with Crippen molar-refractivity contribution in [3.05, 3.63) is 12.2 Å². The number of esters is 1. The Balaban J connectivity index is 3.49. The number of hydrogen-bond donors (Lipinski definition) is 0. The fourth-order valence-electron chi connectivity index (χ4n) is 1.85. The summed E-state index contributed by atoms with van der Waals surface area (Å²) in [6.07, 6.45) is 8.70. The summed E-state index contributed by atoms with van der Waals surface area (Å²) in [6.45, 7) is 6.95. The Hall–Kier alpha value is -1.20. The smallest absolute Gasteiger partial charge is 0.313 e. The molecule has 0 aromatic rings.